The number of hydrogen-bond donors (Lipinski definition) is 1. The summed E-state index contributed by atoms with van der Waals surface area (Å²) >= 11 is 11.8. The number of nitrogens with zero attached hydrogens (tertiary/aromatic N) is 1. The summed E-state index contributed by atoms with van der Waals surface area (Å²) in [7, 11) is 0. The van der Waals surface area contributed by atoms with Crippen LogP contribution in [0.25, 0.3) is 0 Å². The molecule has 1 aromatic heterocycles. The van der Waals surface area contributed by atoms with Crippen LogP contribution in [0.15, 0.2) is 42.6 Å². The summed E-state index contributed by atoms with van der Waals surface area (Å²) in [6, 6.07) is 10.4. The minimum Gasteiger partial charge on any atom is -0.382 e. The molecule has 4 heteroatoms. The maximum Gasteiger partial charge on any atom is 0.123 e. The van der Waals surface area contributed by atoms with Crippen LogP contribution in [0.1, 0.15) is 17.4 Å². The van der Waals surface area contributed by atoms with Crippen LogP contribution in [0.4, 0.5) is 0 Å². The molecule has 0 saturated carbocycles. The number of hydrogen-bond acceptors (Lipinski definition) is 2. The molecule has 1 aromatic carbocycles. The topological polar surface area (TPSA) is 33.1 Å². The van der Waals surface area contributed by atoms with Gasteiger partial charge in [-0.15, -0.1) is 0 Å². The number of rotatable bonds is 2. The van der Waals surface area contributed by atoms with Crippen molar-refractivity contribution < 1.29 is 5.11 Å². The van der Waals surface area contributed by atoms with Gasteiger partial charge in [0, 0.05) is 11.2 Å². The third kappa shape index (κ3) is 2.35. The Bertz CT molecular complexity index is 502. The Hall–Kier alpha value is -1.09. The number of aliphatic hydroxyl groups excluding tert-OH is 1. The standard InChI is InChI=1S/C12H9Cl2NO/c13-9-4-1-3-8(7-9)12(16)11-10(14)5-2-6-15-11/h1-7,12,16H. The number of benzene rings is 1. The molecule has 2 aromatic rings. The molecule has 0 aliphatic heterocycles. The van der Waals surface area contributed by atoms with E-state index in [1.165, 1.54) is 0 Å². The summed E-state index contributed by atoms with van der Waals surface area (Å²) in [5.74, 6) is 0. The molecule has 0 spiro atoms. The van der Waals surface area contributed by atoms with Crippen LogP contribution in [-0.2, 0) is 0 Å². The molecule has 0 bridgehead atoms. The zero-order valence-electron chi connectivity index (χ0n) is 8.27. The average molecular weight is 254 g/mol. The van der Waals surface area contributed by atoms with Gasteiger partial charge in [-0.3, -0.25) is 4.98 Å². The third-order valence-corrected chi connectivity index (χ3v) is 2.77. The quantitative estimate of drug-likeness (QED) is 0.890. The maximum absolute atomic E-state index is 10.1. The predicted molar refractivity (Wildman–Crippen MR) is 64.8 cm³/mol. The maximum atomic E-state index is 10.1. The number of halogens is 2. The monoisotopic (exact) mass is 253 g/mol. The van der Waals surface area contributed by atoms with Gasteiger partial charge >= 0.3 is 0 Å². The molecular weight excluding hydrogens is 245 g/mol. The summed E-state index contributed by atoms with van der Waals surface area (Å²) in [4.78, 5) is 4.06. The minimum atomic E-state index is -0.854. The smallest absolute Gasteiger partial charge is 0.123 e. The third-order valence-electron chi connectivity index (χ3n) is 2.21. The second kappa shape index (κ2) is 4.83. The molecule has 1 unspecified atom stereocenters. The molecule has 0 fully saturated rings. The molecule has 1 atom stereocenters. The summed E-state index contributed by atoms with van der Waals surface area (Å²) in [6.45, 7) is 0. The highest BCUT2D eigenvalue weighted by molar-refractivity contribution is 6.31. The van der Waals surface area contributed by atoms with E-state index in [9.17, 15) is 5.11 Å². The van der Waals surface area contributed by atoms with Crippen LogP contribution in [0.2, 0.25) is 10.0 Å². The number of pyridine rings is 1. The van der Waals surface area contributed by atoms with Gasteiger partial charge in [0.05, 0.1) is 10.7 Å². The minimum absolute atomic E-state index is 0.437. The van der Waals surface area contributed by atoms with E-state index in [0.717, 1.165) is 0 Å². The highest BCUT2D eigenvalue weighted by atomic mass is 35.5. The highest BCUT2D eigenvalue weighted by Gasteiger charge is 2.14. The van der Waals surface area contributed by atoms with Crippen LogP contribution < -0.4 is 0 Å². The lowest BCUT2D eigenvalue weighted by atomic mass is 10.1. The first-order valence-corrected chi connectivity index (χ1v) is 5.48. The van der Waals surface area contributed by atoms with Gasteiger partial charge in [0.15, 0.2) is 0 Å². The summed E-state index contributed by atoms with van der Waals surface area (Å²) in [5.41, 5.74) is 1.11. The molecule has 0 saturated heterocycles. The summed E-state index contributed by atoms with van der Waals surface area (Å²) in [5, 5.41) is 11.1. The predicted octanol–water partition coefficient (Wildman–Crippen LogP) is 3.47. The SMILES string of the molecule is OC(c1cccc(Cl)c1)c1ncccc1Cl. The van der Waals surface area contributed by atoms with Crippen molar-refractivity contribution in [2.45, 2.75) is 6.10 Å². The molecule has 1 heterocycles. The Morgan fingerprint density at radius 1 is 1.12 bits per heavy atom. The van der Waals surface area contributed by atoms with Crippen molar-refractivity contribution in [1.82, 2.24) is 4.98 Å². The second-order valence-corrected chi connectivity index (χ2v) is 4.17. The lowest BCUT2D eigenvalue weighted by molar-refractivity contribution is 0.215. The molecular formula is C12H9Cl2NO. The zero-order chi connectivity index (χ0) is 11.5. The van der Waals surface area contributed by atoms with Gasteiger partial charge in [-0.25, -0.2) is 0 Å². The summed E-state index contributed by atoms with van der Waals surface area (Å²) in [6.07, 6.45) is 0.738. The second-order valence-electron chi connectivity index (χ2n) is 3.33. The van der Waals surface area contributed by atoms with Crippen LogP contribution in [0.3, 0.4) is 0 Å². The fourth-order valence-electron chi connectivity index (χ4n) is 1.43. The van der Waals surface area contributed by atoms with E-state index in [2.05, 4.69) is 4.98 Å². The molecule has 1 N–H and O–H groups in total. The van der Waals surface area contributed by atoms with E-state index >= 15 is 0 Å². The fourth-order valence-corrected chi connectivity index (χ4v) is 1.86. The van der Waals surface area contributed by atoms with Crippen LogP contribution in [0.5, 0.6) is 0 Å². The molecule has 0 aliphatic carbocycles. The van der Waals surface area contributed by atoms with Crippen molar-refractivity contribution in [3.63, 3.8) is 0 Å². The molecule has 2 rings (SSSR count). The first-order chi connectivity index (χ1) is 7.68. The van der Waals surface area contributed by atoms with Crippen molar-refractivity contribution in [2.75, 3.05) is 0 Å². The van der Waals surface area contributed by atoms with Crippen molar-refractivity contribution in [1.29, 1.82) is 0 Å². The zero-order valence-corrected chi connectivity index (χ0v) is 9.78. The van der Waals surface area contributed by atoms with Gasteiger partial charge in [0.1, 0.15) is 6.10 Å². The fraction of sp³-hybridized carbons (Fsp3) is 0.0833. The Balaban J connectivity index is 2.39. The Morgan fingerprint density at radius 3 is 2.62 bits per heavy atom. The molecule has 2 nitrogen and oxygen atoms in total. The Kier molecular flexibility index (Phi) is 3.44. The first-order valence-electron chi connectivity index (χ1n) is 4.72. The Labute approximate surface area is 103 Å². The molecule has 0 amide bonds. The molecule has 0 aliphatic rings. The molecule has 0 radical (unpaired) electrons. The van der Waals surface area contributed by atoms with Crippen molar-refractivity contribution >= 4 is 23.2 Å². The lowest BCUT2D eigenvalue weighted by Gasteiger charge is -2.11. The average Bonchev–Trinajstić information content (AvgIpc) is 2.29. The first kappa shape index (κ1) is 11.4. The van der Waals surface area contributed by atoms with Crippen LogP contribution in [0, 0.1) is 0 Å². The largest absolute Gasteiger partial charge is 0.382 e. The number of aromatic nitrogens is 1. The lowest BCUT2D eigenvalue weighted by Crippen LogP contribution is -2.02. The van der Waals surface area contributed by atoms with Crippen molar-refractivity contribution in [2.24, 2.45) is 0 Å². The highest BCUT2D eigenvalue weighted by Crippen LogP contribution is 2.27. The van der Waals surface area contributed by atoms with Gasteiger partial charge in [-0.05, 0) is 29.8 Å². The Morgan fingerprint density at radius 2 is 1.94 bits per heavy atom. The van der Waals surface area contributed by atoms with Crippen molar-refractivity contribution in [3.8, 4) is 0 Å². The van der Waals surface area contributed by atoms with Gasteiger partial charge < -0.3 is 5.11 Å². The van der Waals surface area contributed by atoms with Crippen LogP contribution >= 0.6 is 23.2 Å². The summed E-state index contributed by atoms with van der Waals surface area (Å²) < 4.78 is 0. The van der Waals surface area contributed by atoms with E-state index in [4.69, 9.17) is 23.2 Å². The van der Waals surface area contributed by atoms with Gasteiger partial charge in [-0.1, -0.05) is 35.3 Å². The van der Waals surface area contributed by atoms with Gasteiger partial charge in [0.2, 0.25) is 0 Å². The van der Waals surface area contributed by atoms with E-state index in [1.54, 1.807) is 42.6 Å². The number of aliphatic hydroxyl groups is 1. The van der Waals surface area contributed by atoms with Crippen LogP contribution in [-0.4, -0.2) is 10.1 Å². The van der Waals surface area contributed by atoms with E-state index in [1.807, 2.05) is 0 Å². The van der Waals surface area contributed by atoms with Crippen molar-refractivity contribution in [3.05, 3.63) is 63.9 Å². The molecule has 16 heavy (non-hydrogen) atoms. The van der Waals surface area contributed by atoms with Gasteiger partial charge in [0.25, 0.3) is 0 Å². The van der Waals surface area contributed by atoms with Gasteiger partial charge in [-0.2, -0.15) is 0 Å². The molecule has 82 valence electrons. The van der Waals surface area contributed by atoms with E-state index in [-0.39, 0.29) is 0 Å². The van der Waals surface area contributed by atoms with E-state index in [0.29, 0.717) is 21.3 Å². The normalized spacial score (nSPS) is 12.4. The van der Waals surface area contributed by atoms with E-state index < -0.39 is 6.10 Å².